The highest BCUT2D eigenvalue weighted by molar-refractivity contribution is 5.81. The summed E-state index contributed by atoms with van der Waals surface area (Å²) in [6.45, 7) is 3.60. The first-order valence-corrected chi connectivity index (χ1v) is 7.26. The number of carbonyl (C=O) groups excluding carboxylic acids is 1. The minimum absolute atomic E-state index is 0.189. The highest BCUT2D eigenvalue weighted by Crippen LogP contribution is 2.40. The van der Waals surface area contributed by atoms with Crippen molar-refractivity contribution in [1.29, 1.82) is 0 Å². The van der Waals surface area contributed by atoms with Crippen molar-refractivity contribution in [3.05, 3.63) is 71.8 Å². The summed E-state index contributed by atoms with van der Waals surface area (Å²) >= 11 is 0. The first kappa shape index (κ1) is 14.5. The Balaban J connectivity index is 1.92. The topological polar surface area (TPSA) is 35.5 Å². The molecule has 0 heterocycles. The second kappa shape index (κ2) is 6.16. The lowest BCUT2D eigenvalue weighted by Gasteiger charge is -2.18. The summed E-state index contributed by atoms with van der Waals surface area (Å²) in [6, 6.07) is 14.6. The molecular formula is C19H18O3. The van der Waals surface area contributed by atoms with Crippen molar-refractivity contribution < 1.29 is 14.3 Å². The van der Waals surface area contributed by atoms with Crippen molar-refractivity contribution in [1.82, 2.24) is 0 Å². The van der Waals surface area contributed by atoms with E-state index < -0.39 is 5.97 Å². The van der Waals surface area contributed by atoms with Gasteiger partial charge in [-0.1, -0.05) is 49.0 Å². The molecule has 0 aromatic heterocycles. The first-order chi connectivity index (χ1) is 10.7. The fourth-order valence-corrected chi connectivity index (χ4v) is 2.99. The fraction of sp³-hybridized carbons (Fsp3) is 0.211. The summed E-state index contributed by atoms with van der Waals surface area (Å²) < 4.78 is 10.7. The molecule has 1 atom stereocenters. The number of fused-ring (bicyclic) bond motifs is 3. The SMILES string of the molecule is C=CC(=O)OCC(OC)c1cccc2c1Cc1ccccc1-2. The van der Waals surface area contributed by atoms with Crippen molar-refractivity contribution in [3.8, 4) is 11.1 Å². The highest BCUT2D eigenvalue weighted by atomic mass is 16.6. The van der Waals surface area contributed by atoms with E-state index in [1.54, 1.807) is 7.11 Å². The third-order valence-corrected chi connectivity index (χ3v) is 4.06. The molecule has 0 fully saturated rings. The zero-order valence-electron chi connectivity index (χ0n) is 12.5. The molecule has 22 heavy (non-hydrogen) atoms. The molecular weight excluding hydrogens is 276 g/mol. The Morgan fingerprint density at radius 3 is 2.77 bits per heavy atom. The van der Waals surface area contributed by atoms with Crippen LogP contribution in [0.5, 0.6) is 0 Å². The van der Waals surface area contributed by atoms with E-state index >= 15 is 0 Å². The van der Waals surface area contributed by atoms with Gasteiger partial charge in [-0.15, -0.1) is 0 Å². The number of rotatable bonds is 5. The average molecular weight is 294 g/mol. The van der Waals surface area contributed by atoms with E-state index in [1.807, 2.05) is 12.1 Å². The zero-order valence-corrected chi connectivity index (χ0v) is 12.5. The van der Waals surface area contributed by atoms with E-state index in [0.29, 0.717) is 0 Å². The van der Waals surface area contributed by atoms with Gasteiger partial charge in [0.25, 0.3) is 0 Å². The molecule has 112 valence electrons. The number of hydrogen-bond acceptors (Lipinski definition) is 3. The second-order valence-corrected chi connectivity index (χ2v) is 5.27. The van der Waals surface area contributed by atoms with Crippen LogP contribution >= 0.6 is 0 Å². The van der Waals surface area contributed by atoms with Crippen molar-refractivity contribution in [2.45, 2.75) is 12.5 Å². The van der Waals surface area contributed by atoms with Crippen LogP contribution in [0.3, 0.4) is 0 Å². The second-order valence-electron chi connectivity index (χ2n) is 5.27. The minimum Gasteiger partial charge on any atom is -0.459 e. The van der Waals surface area contributed by atoms with Crippen LogP contribution in [-0.4, -0.2) is 19.7 Å². The maximum Gasteiger partial charge on any atom is 0.330 e. The van der Waals surface area contributed by atoms with E-state index in [1.165, 1.54) is 22.3 Å². The highest BCUT2D eigenvalue weighted by Gasteiger charge is 2.24. The fourth-order valence-electron chi connectivity index (χ4n) is 2.99. The van der Waals surface area contributed by atoms with Crippen LogP contribution in [0.15, 0.2) is 55.1 Å². The third kappa shape index (κ3) is 2.55. The van der Waals surface area contributed by atoms with Gasteiger partial charge in [-0.2, -0.15) is 0 Å². The van der Waals surface area contributed by atoms with Gasteiger partial charge >= 0.3 is 5.97 Å². The van der Waals surface area contributed by atoms with Crippen molar-refractivity contribution in [3.63, 3.8) is 0 Å². The van der Waals surface area contributed by atoms with E-state index in [4.69, 9.17) is 9.47 Å². The summed E-state index contributed by atoms with van der Waals surface area (Å²) in [5, 5.41) is 0. The molecule has 0 amide bonds. The molecule has 3 nitrogen and oxygen atoms in total. The molecule has 1 unspecified atom stereocenters. The normalized spacial score (nSPS) is 13.1. The lowest BCUT2D eigenvalue weighted by atomic mass is 9.97. The maximum absolute atomic E-state index is 11.3. The largest absolute Gasteiger partial charge is 0.459 e. The first-order valence-electron chi connectivity index (χ1n) is 7.26. The van der Waals surface area contributed by atoms with Gasteiger partial charge < -0.3 is 9.47 Å². The lowest BCUT2D eigenvalue weighted by Crippen LogP contribution is -2.14. The quantitative estimate of drug-likeness (QED) is 0.532. The van der Waals surface area contributed by atoms with E-state index in [2.05, 4.69) is 36.9 Å². The van der Waals surface area contributed by atoms with Gasteiger partial charge in [0.15, 0.2) is 0 Å². The van der Waals surface area contributed by atoms with Crippen LogP contribution in [0.1, 0.15) is 22.8 Å². The van der Waals surface area contributed by atoms with E-state index in [9.17, 15) is 4.79 Å². The molecule has 0 spiro atoms. The number of hydrogen-bond donors (Lipinski definition) is 0. The Bertz CT molecular complexity index is 718. The zero-order chi connectivity index (χ0) is 15.5. The molecule has 0 radical (unpaired) electrons. The average Bonchev–Trinajstić information content (AvgIpc) is 2.94. The van der Waals surface area contributed by atoms with Crippen LogP contribution < -0.4 is 0 Å². The van der Waals surface area contributed by atoms with Gasteiger partial charge in [0.05, 0.1) is 0 Å². The van der Waals surface area contributed by atoms with Gasteiger partial charge in [-0.05, 0) is 34.2 Å². The molecule has 3 heteroatoms. The summed E-state index contributed by atoms with van der Waals surface area (Å²) in [5.74, 6) is -0.432. The maximum atomic E-state index is 11.3. The molecule has 1 aliphatic rings. The van der Waals surface area contributed by atoms with Crippen LogP contribution in [0.25, 0.3) is 11.1 Å². The van der Waals surface area contributed by atoms with E-state index in [0.717, 1.165) is 18.1 Å². The van der Waals surface area contributed by atoms with Crippen LogP contribution in [0, 0.1) is 0 Å². The molecule has 0 saturated carbocycles. The Labute approximate surface area is 130 Å². The Kier molecular flexibility index (Phi) is 4.07. The van der Waals surface area contributed by atoms with Crippen molar-refractivity contribution >= 4 is 5.97 Å². The third-order valence-electron chi connectivity index (χ3n) is 4.06. The van der Waals surface area contributed by atoms with E-state index in [-0.39, 0.29) is 12.7 Å². The molecule has 0 saturated heterocycles. The molecule has 1 aliphatic carbocycles. The smallest absolute Gasteiger partial charge is 0.330 e. The molecule has 0 N–H and O–H groups in total. The Hall–Kier alpha value is -2.39. The van der Waals surface area contributed by atoms with Gasteiger partial charge in [0.1, 0.15) is 12.7 Å². The van der Waals surface area contributed by atoms with Crippen molar-refractivity contribution in [2.24, 2.45) is 0 Å². The molecule has 2 aromatic rings. The van der Waals surface area contributed by atoms with Crippen molar-refractivity contribution in [2.75, 3.05) is 13.7 Å². The Morgan fingerprint density at radius 1 is 1.23 bits per heavy atom. The van der Waals surface area contributed by atoms with Gasteiger partial charge in [0, 0.05) is 13.2 Å². The number of methoxy groups -OCH3 is 1. The number of carbonyl (C=O) groups is 1. The number of benzene rings is 2. The van der Waals surface area contributed by atoms with Crippen LogP contribution in [0.2, 0.25) is 0 Å². The predicted octanol–water partition coefficient (Wildman–Crippen LogP) is 3.67. The molecule has 3 rings (SSSR count). The number of ether oxygens (including phenoxy) is 2. The molecule has 2 aromatic carbocycles. The van der Waals surface area contributed by atoms with Gasteiger partial charge in [0.2, 0.25) is 0 Å². The Morgan fingerprint density at radius 2 is 2.00 bits per heavy atom. The van der Waals surface area contributed by atoms with Gasteiger partial charge in [-0.3, -0.25) is 0 Å². The summed E-state index contributed by atoms with van der Waals surface area (Å²) in [7, 11) is 1.63. The summed E-state index contributed by atoms with van der Waals surface area (Å²) in [4.78, 5) is 11.3. The minimum atomic E-state index is -0.432. The predicted molar refractivity (Wildman–Crippen MR) is 85.6 cm³/mol. The summed E-state index contributed by atoms with van der Waals surface area (Å²) in [6.07, 6.45) is 1.78. The standard InChI is InChI=1S/C19H18O3/c1-3-19(20)22-12-18(21-2)16-10-6-9-15-14-8-5-4-7-13(14)11-17(15)16/h3-10,18H,1,11-12H2,2H3. The van der Waals surface area contributed by atoms with Crippen LogP contribution in [0.4, 0.5) is 0 Å². The molecule has 0 aliphatic heterocycles. The van der Waals surface area contributed by atoms with Crippen LogP contribution in [-0.2, 0) is 20.7 Å². The molecule has 0 bridgehead atoms. The summed E-state index contributed by atoms with van der Waals surface area (Å²) in [5.41, 5.74) is 6.17. The number of esters is 1. The van der Waals surface area contributed by atoms with Gasteiger partial charge in [-0.25, -0.2) is 4.79 Å². The lowest BCUT2D eigenvalue weighted by molar-refractivity contribution is -0.141. The monoisotopic (exact) mass is 294 g/mol.